The number of nitriles is 2. The van der Waals surface area contributed by atoms with E-state index in [1.807, 2.05) is 30.3 Å². The van der Waals surface area contributed by atoms with Crippen LogP contribution in [0.1, 0.15) is 11.1 Å². The van der Waals surface area contributed by atoms with Gasteiger partial charge in [-0.05, 0) is 17.7 Å². The minimum atomic E-state index is -0.185. The van der Waals surface area contributed by atoms with Gasteiger partial charge in [0.15, 0.2) is 11.4 Å². The summed E-state index contributed by atoms with van der Waals surface area (Å²) >= 11 is 0. The van der Waals surface area contributed by atoms with Gasteiger partial charge in [0.2, 0.25) is 0 Å². The number of hydrogen-bond acceptors (Lipinski definition) is 6. The molecule has 0 aliphatic heterocycles. The summed E-state index contributed by atoms with van der Waals surface area (Å²) in [5.74, 6) is 0.0199. The number of hydroxylamine groups is 1. The van der Waals surface area contributed by atoms with Gasteiger partial charge in [0.1, 0.15) is 24.2 Å². The molecule has 0 heterocycles. The van der Waals surface area contributed by atoms with E-state index in [9.17, 15) is 5.11 Å². The summed E-state index contributed by atoms with van der Waals surface area (Å²) in [5, 5.41) is 28.0. The highest BCUT2D eigenvalue weighted by atomic mass is 16.6. The zero-order valence-electron chi connectivity index (χ0n) is 13.7. The van der Waals surface area contributed by atoms with Gasteiger partial charge < -0.3 is 5.11 Å². The Morgan fingerprint density at radius 2 is 1.65 bits per heavy atom. The van der Waals surface area contributed by atoms with E-state index in [4.69, 9.17) is 15.4 Å². The molecule has 0 bridgehead atoms. The van der Waals surface area contributed by atoms with Crippen molar-refractivity contribution in [3.8, 4) is 17.9 Å². The van der Waals surface area contributed by atoms with Crippen LogP contribution in [0, 0.1) is 22.7 Å². The number of phenols is 1. The van der Waals surface area contributed by atoms with Crippen LogP contribution < -0.4 is 5.48 Å². The molecule has 0 radical (unpaired) electrons. The molecule has 0 atom stereocenters. The molecule has 2 aromatic carbocycles. The number of benzene rings is 2. The van der Waals surface area contributed by atoms with Crippen molar-refractivity contribution in [2.45, 2.75) is 6.61 Å². The van der Waals surface area contributed by atoms with E-state index in [-0.39, 0.29) is 17.1 Å². The fourth-order valence-electron chi connectivity index (χ4n) is 1.84. The Morgan fingerprint density at radius 3 is 2.35 bits per heavy atom. The molecule has 2 aromatic rings. The van der Waals surface area contributed by atoms with Gasteiger partial charge in [-0.25, -0.2) is 9.98 Å². The smallest absolute Gasteiger partial charge is 0.178 e. The monoisotopic (exact) mass is 345 g/mol. The van der Waals surface area contributed by atoms with Gasteiger partial charge >= 0.3 is 0 Å². The molecule has 0 amide bonds. The Hall–Kier alpha value is -3.94. The zero-order chi connectivity index (χ0) is 18.6. The number of allylic oxidation sites excluding steroid dienone is 2. The molecule has 26 heavy (non-hydrogen) atoms. The first kappa shape index (κ1) is 18.4. The number of aliphatic imine (C=N–C) groups is 2. The molecule has 0 saturated heterocycles. The average Bonchev–Trinajstić information content (AvgIpc) is 2.68. The molecule has 0 spiro atoms. The number of hydrogen-bond donors (Lipinski definition) is 2. The Labute approximate surface area is 150 Å². The van der Waals surface area contributed by atoms with Gasteiger partial charge in [0, 0.05) is 11.8 Å². The number of nitrogens with zero attached hydrogens (tertiary/aromatic N) is 4. The van der Waals surface area contributed by atoms with Crippen LogP contribution in [0.4, 0.5) is 0 Å². The Morgan fingerprint density at radius 1 is 1.00 bits per heavy atom. The summed E-state index contributed by atoms with van der Waals surface area (Å²) in [7, 11) is 0. The molecule has 0 unspecified atom stereocenters. The van der Waals surface area contributed by atoms with E-state index < -0.39 is 0 Å². The highest BCUT2D eigenvalue weighted by Crippen LogP contribution is 2.14. The second-order valence-corrected chi connectivity index (χ2v) is 4.89. The highest BCUT2D eigenvalue weighted by molar-refractivity contribution is 5.84. The molecule has 128 valence electrons. The molecular weight excluding hydrogens is 330 g/mol. The van der Waals surface area contributed by atoms with Crippen LogP contribution in [0.3, 0.4) is 0 Å². The Kier molecular flexibility index (Phi) is 7.10. The van der Waals surface area contributed by atoms with Crippen molar-refractivity contribution in [2.75, 3.05) is 0 Å². The third-order valence-electron chi connectivity index (χ3n) is 3.12. The summed E-state index contributed by atoms with van der Waals surface area (Å²) in [6.45, 7) is 0.314. The van der Waals surface area contributed by atoms with E-state index in [0.29, 0.717) is 12.2 Å². The summed E-state index contributed by atoms with van der Waals surface area (Å²) in [6, 6.07) is 19.6. The first-order chi connectivity index (χ1) is 12.7. The van der Waals surface area contributed by atoms with E-state index >= 15 is 0 Å². The molecule has 0 saturated carbocycles. The molecular formula is C19H15N5O2. The fourth-order valence-corrected chi connectivity index (χ4v) is 1.84. The lowest BCUT2D eigenvalue weighted by Gasteiger charge is -2.01. The lowest BCUT2D eigenvalue weighted by molar-refractivity contribution is 0.0745. The van der Waals surface area contributed by atoms with Gasteiger partial charge in [0.05, 0.1) is 6.61 Å². The lowest BCUT2D eigenvalue weighted by Crippen LogP contribution is -2.11. The van der Waals surface area contributed by atoms with Crippen LogP contribution in [-0.4, -0.2) is 17.7 Å². The van der Waals surface area contributed by atoms with Crippen molar-refractivity contribution in [3.63, 3.8) is 0 Å². The van der Waals surface area contributed by atoms with E-state index in [1.165, 1.54) is 12.3 Å². The molecule has 2 N–H and O–H groups in total. The lowest BCUT2D eigenvalue weighted by atomic mass is 10.2. The molecule has 2 rings (SSSR count). The van der Waals surface area contributed by atoms with Crippen LogP contribution >= 0.6 is 0 Å². The number of aromatic hydroxyl groups is 1. The predicted octanol–water partition coefficient (Wildman–Crippen LogP) is 2.82. The molecule has 0 aliphatic rings. The maximum Gasteiger partial charge on any atom is 0.178 e. The number of nitrogens with one attached hydrogen (secondary N) is 1. The summed E-state index contributed by atoms with van der Waals surface area (Å²) < 4.78 is 0. The van der Waals surface area contributed by atoms with Gasteiger partial charge in [-0.3, -0.25) is 10.3 Å². The molecule has 0 aliphatic carbocycles. The predicted molar refractivity (Wildman–Crippen MR) is 96.8 cm³/mol. The van der Waals surface area contributed by atoms with Crippen molar-refractivity contribution < 1.29 is 9.94 Å². The van der Waals surface area contributed by atoms with Crippen LogP contribution in [0.2, 0.25) is 0 Å². The third-order valence-corrected chi connectivity index (χ3v) is 3.12. The molecule has 7 nitrogen and oxygen atoms in total. The fraction of sp³-hybridized carbons (Fsp3) is 0.0526. The zero-order valence-corrected chi connectivity index (χ0v) is 13.7. The minimum absolute atomic E-state index is 0.0199. The molecule has 0 aromatic heterocycles. The van der Waals surface area contributed by atoms with Crippen molar-refractivity contribution in [2.24, 2.45) is 9.98 Å². The highest BCUT2D eigenvalue weighted by Gasteiger charge is 2.03. The van der Waals surface area contributed by atoms with Crippen molar-refractivity contribution in [1.82, 2.24) is 5.48 Å². The third kappa shape index (κ3) is 5.60. The van der Waals surface area contributed by atoms with Crippen molar-refractivity contribution in [3.05, 3.63) is 77.1 Å². The van der Waals surface area contributed by atoms with Gasteiger partial charge in [-0.2, -0.15) is 10.5 Å². The first-order valence-electron chi connectivity index (χ1n) is 7.55. The van der Waals surface area contributed by atoms with Crippen molar-refractivity contribution >= 4 is 12.6 Å². The van der Waals surface area contributed by atoms with Crippen LogP contribution in [0.25, 0.3) is 0 Å². The first-order valence-corrected chi connectivity index (χ1v) is 7.55. The number of rotatable bonds is 7. The van der Waals surface area contributed by atoms with E-state index in [0.717, 1.165) is 11.9 Å². The van der Waals surface area contributed by atoms with Gasteiger partial charge in [0.25, 0.3) is 0 Å². The summed E-state index contributed by atoms with van der Waals surface area (Å²) in [6.07, 6.45) is 2.45. The topological polar surface area (TPSA) is 114 Å². The number of phenolic OH excluding ortho intramolecular Hbond substituents is 1. The molecule has 7 heteroatoms. The van der Waals surface area contributed by atoms with Crippen LogP contribution in [-0.2, 0) is 11.4 Å². The molecule has 0 fully saturated rings. The second-order valence-electron chi connectivity index (χ2n) is 4.89. The van der Waals surface area contributed by atoms with Gasteiger partial charge in [-0.1, -0.05) is 42.5 Å². The SMILES string of the molecule is N#C/C(N=CNOCc1ccccc1)=C(\C#N)N=Cc1ccccc1O. The van der Waals surface area contributed by atoms with Crippen molar-refractivity contribution in [1.29, 1.82) is 10.5 Å². The number of para-hydroxylation sites is 1. The van der Waals surface area contributed by atoms with Crippen LogP contribution in [0.5, 0.6) is 5.75 Å². The van der Waals surface area contributed by atoms with Gasteiger partial charge in [-0.15, -0.1) is 0 Å². The quantitative estimate of drug-likeness (QED) is 0.263. The standard InChI is InChI=1S/C19H15N5O2/c20-10-17(22-12-16-8-4-5-9-19(16)25)18(11-21)23-14-24-26-13-15-6-2-1-3-7-15/h1-9,12,14,25H,13H2,(H,23,24)/b18-17-,22-12?. The largest absolute Gasteiger partial charge is 0.507 e. The normalized spacial score (nSPS) is 11.8. The minimum Gasteiger partial charge on any atom is -0.507 e. The Balaban J connectivity index is 2.00. The van der Waals surface area contributed by atoms with E-state index in [2.05, 4.69) is 15.5 Å². The summed E-state index contributed by atoms with van der Waals surface area (Å²) in [4.78, 5) is 12.9. The van der Waals surface area contributed by atoms with E-state index in [1.54, 1.807) is 30.3 Å². The second kappa shape index (κ2) is 10.0. The average molecular weight is 345 g/mol. The van der Waals surface area contributed by atoms with Crippen LogP contribution in [0.15, 0.2) is 76.0 Å². The summed E-state index contributed by atoms with van der Waals surface area (Å²) in [5.41, 5.74) is 3.50. The maximum atomic E-state index is 9.67. The Bertz CT molecular complexity index is 906. The maximum absolute atomic E-state index is 9.67.